The fourth-order valence-electron chi connectivity index (χ4n) is 2.82. The van der Waals surface area contributed by atoms with Crippen molar-refractivity contribution in [1.29, 1.82) is 0 Å². The molecule has 4 heteroatoms. The van der Waals surface area contributed by atoms with E-state index in [2.05, 4.69) is 6.92 Å². The minimum Gasteiger partial charge on any atom is -0.312 e. The van der Waals surface area contributed by atoms with Gasteiger partial charge in [-0.2, -0.15) is 0 Å². The Balaban J connectivity index is 2.35. The van der Waals surface area contributed by atoms with Gasteiger partial charge in [-0.25, -0.2) is 0 Å². The van der Waals surface area contributed by atoms with Crippen LogP contribution in [-0.2, 0) is 30.6 Å². The van der Waals surface area contributed by atoms with Crippen LogP contribution in [0.15, 0.2) is 10.9 Å². The van der Waals surface area contributed by atoms with Crippen LogP contribution >= 0.6 is 11.6 Å². The first-order valence-corrected chi connectivity index (χ1v) is 7.44. The third-order valence-electron chi connectivity index (χ3n) is 3.74. The van der Waals surface area contributed by atoms with Crippen LogP contribution in [0.2, 0.25) is 0 Å². The van der Waals surface area contributed by atoms with Gasteiger partial charge in [0.1, 0.15) is 0 Å². The number of carbonyl (C=O) groups is 1. The second-order valence-corrected chi connectivity index (χ2v) is 5.61. The van der Waals surface area contributed by atoms with E-state index in [4.69, 9.17) is 11.6 Å². The van der Waals surface area contributed by atoms with Gasteiger partial charge in [-0.05, 0) is 48.9 Å². The molecule has 0 aliphatic heterocycles. The maximum atomic E-state index is 12.4. The van der Waals surface area contributed by atoms with Crippen LogP contribution in [0.25, 0.3) is 0 Å². The minimum absolute atomic E-state index is 0.0225. The lowest BCUT2D eigenvalue weighted by molar-refractivity contribution is -0.111. The van der Waals surface area contributed by atoms with Crippen molar-refractivity contribution in [3.63, 3.8) is 0 Å². The lowest BCUT2D eigenvalue weighted by atomic mass is 10.1. The molecule has 1 aliphatic rings. The van der Waals surface area contributed by atoms with Gasteiger partial charge in [-0.15, -0.1) is 0 Å². The highest BCUT2D eigenvalue weighted by atomic mass is 35.5. The molecule has 2 rings (SSSR count). The Bertz CT molecular complexity index is 534. The molecular formula is C15H20ClNO2. The van der Waals surface area contributed by atoms with E-state index in [1.807, 2.05) is 10.6 Å². The second-order valence-electron chi connectivity index (χ2n) is 5.19. The zero-order valence-electron chi connectivity index (χ0n) is 11.4. The monoisotopic (exact) mass is 281 g/mol. The molecule has 1 aliphatic carbocycles. The lowest BCUT2D eigenvalue weighted by Crippen LogP contribution is -2.28. The standard InChI is InChI=1S/C15H20ClNO2/c1-2-3-4-8-17-13-7-5-6-11(13)9-12(15(17)19)10-14(16)18/h9H,2-8,10H2,1H3. The quantitative estimate of drug-likeness (QED) is 0.594. The van der Waals surface area contributed by atoms with Crippen molar-refractivity contribution < 1.29 is 4.79 Å². The van der Waals surface area contributed by atoms with Gasteiger partial charge in [0.15, 0.2) is 0 Å². The van der Waals surface area contributed by atoms with Crippen molar-refractivity contribution >= 4 is 16.8 Å². The fraction of sp³-hybridized carbons (Fsp3) is 0.600. The number of aryl methyl sites for hydroxylation is 1. The number of halogens is 1. The minimum atomic E-state index is -0.463. The van der Waals surface area contributed by atoms with Crippen LogP contribution in [0, 0.1) is 0 Å². The van der Waals surface area contributed by atoms with Gasteiger partial charge in [0, 0.05) is 17.8 Å². The zero-order valence-corrected chi connectivity index (χ0v) is 12.1. The first kappa shape index (κ1) is 14.3. The summed E-state index contributed by atoms with van der Waals surface area (Å²) in [5.41, 5.74) is 2.93. The van der Waals surface area contributed by atoms with E-state index in [0.29, 0.717) is 5.56 Å². The molecule has 1 aromatic rings. The van der Waals surface area contributed by atoms with Crippen LogP contribution in [-0.4, -0.2) is 9.81 Å². The largest absolute Gasteiger partial charge is 0.312 e. The molecule has 0 amide bonds. The summed E-state index contributed by atoms with van der Waals surface area (Å²) < 4.78 is 1.88. The van der Waals surface area contributed by atoms with Crippen LogP contribution in [0.5, 0.6) is 0 Å². The summed E-state index contributed by atoms with van der Waals surface area (Å²) in [6.07, 6.45) is 6.40. The SMILES string of the molecule is CCCCCn1c2c(cc(CC(=O)Cl)c1=O)CCC2. The Morgan fingerprint density at radius 1 is 1.37 bits per heavy atom. The average Bonchev–Trinajstić information content (AvgIpc) is 2.80. The van der Waals surface area contributed by atoms with E-state index < -0.39 is 5.24 Å². The number of hydrogen-bond acceptors (Lipinski definition) is 2. The molecule has 1 heterocycles. The third kappa shape index (κ3) is 3.27. The number of unbranched alkanes of at least 4 members (excludes halogenated alkanes) is 2. The Morgan fingerprint density at radius 3 is 2.84 bits per heavy atom. The Labute approximate surface area is 118 Å². The van der Waals surface area contributed by atoms with Crippen LogP contribution < -0.4 is 5.56 Å². The molecule has 0 saturated heterocycles. The highest BCUT2D eigenvalue weighted by Gasteiger charge is 2.19. The van der Waals surface area contributed by atoms with E-state index in [1.54, 1.807) is 0 Å². The second kappa shape index (κ2) is 6.38. The maximum Gasteiger partial charge on any atom is 0.254 e. The number of nitrogens with zero attached hydrogens (tertiary/aromatic N) is 1. The van der Waals surface area contributed by atoms with Gasteiger partial charge in [-0.1, -0.05) is 19.8 Å². The van der Waals surface area contributed by atoms with Gasteiger partial charge >= 0.3 is 0 Å². The first-order chi connectivity index (χ1) is 9.13. The zero-order chi connectivity index (χ0) is 13.8. The molecule has 0 spiro atoms. The summed E-state index contributed by atoms with van der Waals surface area (Å²) >= 11 is 5.43. The molecule has 0 unspecified atom stereocenters. The number of pyridine rings is 1. The molecule has 0 bridgehead atoms. The molecule has 0 fully saturated rings. The van der Waals surface area contributed by atoms with E-state index in [9.17, 15) is 9.59 Å². The van der Waals surface area contributed by atoms with E-state index in [0.717, 1.165) is 45.1 Å². The van der Waals surface area contributed by atoms with Crippen molar-refractivity contribution in [2.24, 2.45) is 0 Å². The Hall–Kier alpha value is -1.09. The van der Waals surface area contributed by atoms with E-state index in [1.165, 1.54) is 11.3 Å². The van der Waals surface area contributed by atoms with Gasteiger partial charge < -0.3 is 4.57 Å². The summed E-state index contributed by atoms with van der Waals surface area (Å²) in [5, 5.41) is -0.463. The van der Waals surface area contributed by atoms with Crippen molar-refractivity contribution in [3.05, 3.63) is 33.2 Å². The summed E-state index contributed by atoms with van der Waals surface area (Å²) in [5.74, 6) is 0. The highest BCUT2D eigenvalue weighted by Crippen LogP contribution is 2.22. The van der Waals surface area contributed by atoms with Crippen LogP contribution in [0.3, 0.4) is 0 Å². The van der Waals surface area contributed by atoms with Gasteiger partial charge in [0.05, 0.1) is 6.42 Å². The van der Waals surface area contributed by atoms with Gasteiger partial charge in [0.25, 0.3) is 5.56 Å². The molecule has 19 heavy (non-hydrogen) atoms. The molecule has 0 radical (unpaired) electrons. The normalized spacial score (nSPS) is 13.6. The number of carbonyl (C=O) groups excluding carboxylic acids is 1. The van der Waals surface area contributed by atoms with Crippen molar-refractivity contribution in [2.45, 2.75) is 58.4 Å². The molecule has 0 atom stereocenters. The predicted molar refractivity (Wildman–Crippen MR) is 76.8 cm³/mol. The van der Waals surface area contributed by atoms with Gasteiger partial charge in [0.2, 0.25) is 5.24 Å². The molecule has 104 valence electrons. The summed E-state index contributed by atoms with van der Waals surface area (Å²) in [6, 6.07) is 1.89. The Morgan fingerprint density at radius 2 is 2.16 bits per heavy atom. The topological polar surface area (TPSA) is 39.1 Å². The fourth-order valence-corrected chi connectivity index (χ4v) is 2.96. The van der Waals surface area contributed by atoms with Crippen molar-refractivity contribution in [3.8, 4) is 0 Å². The smallest absolute Gasteiger partial charge is 0.254 e. The molecular weight excluding hydrogens is 262 g/mol. The highest BCUT2D eigenvalue weighted by molar-refractivity contribution is 6.63. The Kier molecular flexibility index (Phi) is 4.81. The van der Waals surface area contributed by atoms with E-state index in [-0.39, 0.29) is 12.0 Å². The number of rotatable bonds is 6. The molecule has 0 saturated carbocycles. The first-order valence-electron chi connectivity index (χ1n) is 7.06. The summed E-state index contributed by atoms with van der Waals surface area (Å²) in [7, 11) is 0. The van der Waals surface area contributed by atoms with Crippen molar-refractivity contribution in [1.82, 2.24) is 4.57 Å². The number of fused-ring (bicyclic) bond motifs is 1. The molecule has 0 N–H and O–H groups in total. The number of hydrogen-bond donors (Lipinski definition) is 0. The van der Waals surface area contributed by atoms with Crippen molar-refractivity contribution in [2.75, 3.05) is 0 Å². The van der Waals surface area contributed by atoms with E-state index >= 15 is 0 Å². The maximum absolute atomic E-state index is 12.4. The van der Waals surface area contributed by atoms with Gasteiger partial charge in [-0.3, -0.25) is 9.59 Å². The molecule has 1 aromatic heterocycles. The molecule has 3 nitrogen and oxygen atoms in total. The lowest BCUT2D eigenvalue weighted by Gasteiger charge is -2.14. The predicted octanol–water partition coefficient (Wildman–Crippen LogP) is 2.84. The average molecular weight is 282 g/mol. The third-order valence-corrected chi connectivity index (χ3v) is 3.87. The summed E-state index contributed by atoms with van der Waals surface area (Å²) in [4.78, 5) is 23.5. The molecule has 0 aromatic carbocycles. The van der Waals surface area contributed by atoms with Crippen LogP contribution in [0.4, 0.5) is 0 Å². The summed E-state index contributed by atoms with van der Waals surface area (Å²) in [6.45, 7) is 2.91. The number of aromatic nitrogens is 1. The van der Waals surface area contributed by atoms with Crippen LogP contribution in [0.1, 0.15) is 49.4 Å².